The lowest BCUT2D eigenvalue weighted by molar-refractivity contribution is -0.117. The van der Waals surface area contributed by atoms with Crippen LogP contribution in [0.2, 0.25) is 10.0 Å². The minimum absolute atomic E-state index is 0.0863. The Morgan fingerprint density at radius 1 is 1.18 bits per heavy atom. The number of carbonyl (C=O) groups excluding carboxylic acids is 1. The van der Waals surface area contributed by atoms with E-state index in [1.165, 1.54) is 12.8 Å². The molecular weight excluding hydrogens is 321 g/mol. The second-order valence-electron chi connectivity index (χ2n) is 5.81. The van der Waals surface area contributed by atoms with Crippen molar-refractivity contribution in [1.29, 1.82) is 0 Å². The van der Waals surface area contributed by atoms with Crippen LogP contribution < -0.4 is 4.90 Å². The summed E-state index contributed by atoms with van der Waals surface area (Å²) in [6.07, 6.45) is 4.40. The van der Waals surface area contributed by atoms with Gasteiger partial charge in [0.25, 0.3) is 0 Å². The van der Waals surface area contributed by atoms with Crippen molar-refractivity contribution in [2.24, 2.45) is 5.92 Å². The third-order valence-corrected chi connectivity index (χ3v) is 4.43. The van der Waals surface area contributed by atoms with Crippen LogP contribution in [0.1, 0.15) is 18.5 Å². The lowest BCUT2D eigenvalue weighted by atomic mass is 10.1. The fourth-order valence-corrected chi connectivity index (χ4v) is 3.22. The van der Waals surface area contributed by atoms with Gasteiger partial charge in [-0.2, -0.15) is 0 Å². The average Bonchev–Trinajstić information content (AvgIpc) is 3.23. The van der Waals surface area contributed by atoms with Crippen LogP contribution in [0.3, 0.4) is 0 Å². The molecule has 0 unspecified atom stereocenters. The van der Waals surface area contributed by atoms with E-state index in [4.69, 9.17) is 23.2 Å². The van der Waals surface area contributed by atoms with E-state index in [-0.39, 0.29) is 5.91 Å². The molecule has 0 radical (unpaired) electrons. The summed E-state index contributed by atoms with van der Waals surface area (Å²) >= 11 is 12.1. The fourth-order valence-electron chi connectivity index (χ4n) is 2.69. The number of hydrogen-bond acceptors (Lipinski definition) is 3. The van der Waals surface area contributed by atoms with Gasteiger partial charge in [-0.15, -0.1) is 0 Å². The predicted molar refractivity (Wildman–Crippen MR) is 86.3 cm³/mol. The number of fused-ring (bicyclic) bond motifs is 1. The Balaban J connectivity index is 1.74. The SMILES string of the molecule is O=C1Cc2ncc(-c3cc(Cl)cc(Cl)c3)nc2N1CC1CC1. The minimum atomic E-state index is 0.0863. The first kappa shape index (κ1) is 14.0. The van der Waals surface area contributed by atoms with E-state index >= 15 is 0 Å². The van der Waals surface area contributed by atoms with Crippen molar-refractivity contribution < 1.29 is 4.79 Å². The molecule has 0 spiro atoms. The Bertz CT molecular complexity index is 754. The van der Waals surface area contributed by atoms with E-state index in [0.29, 0.717) is 33.9 Å². The van der Waals surface area contributed by atoms with Crippen molar-refractivity contribution in [3.8, 4) is 11.3 Å². The van der Waals surface area contributed by atoms with Gasteiger partial charge in [0.05, 0.1) is 24.0 Å². The predicted octanol–water partition coefficient (Wildman–Crippen LogP) is 3.75. The van der Waals surface area contributed by atoms with Crippen molar-refractivity contribution in [3.05, 3.63) is 40.1 Å². The normalized spacial score (nSPS) is 17.0. The topological polar surface area (TPSA) is 46.1 Å². The van der Waals surface area contributed by atoms with Gasteiger partial charge in [-0.1, -0.05) is 23.2 Å². The molecule has 4 nitrogen and oxygen atoms in total. The van der Waals surface area contributed by atoms with Crippen LogP contribution in [0, 0.1) is 5.92 Å². The van der Waals surface area contributed by atoms with E-state index in [2.05, 4.69) is 9.97 Å². The summed E-state index contributed by atoms with van der Waals surface area (Å²) in [5.41, 5.74) is 2.24. The maximum Gasteiger partial charge on any atom is 0.234 e. The molecule has 1 aromatic carbocycles. The van der Waals surface area contributed by atoms with Crippen molar-refractivity contribution in [2.45, 2.75) is 19.3 Å². The Labute approximate surface area is 138 Å². The summed E-state index contributed by atoms with van der Waals surface area (Å²) in [6, 6.07) is 5.27. The molecule has 1 fully saturated rings. The number of halogens is 2. The van der Waals surface area contributed by atoms with Crippen molar-refractivity contribution in [1.82, 2.24) is 9.97 Å². The highest BCUT2D eigenvalue weighted by molar-refractivity contribution is 6.35. The molecule has 0 N–H and O–H groups in total. The average molecular weight is 334 g/mol. The monoisotopic (exact) mass is 333 g/mol. The summed E-state index contributed by atoms with van der Waals surface area (Å²) in [5.74, 6) is 1.38. The van der Waals surface area contributed by atoms with E-state index in [0.717, 1.165) is 17.8 Å². The molecule has 1 saturated carbocycles. The molecule has 1 aliphatic heterocycles. The number of anilines is 1. The van der Waals surface area contributed by atoms with Crippen molar-refractivity contribution >= 4 is 34.9 Å². The number of amides is 1. The third kappa shape index (κ3) is 2.57. The van der Waals surface area contributed by atoms with Crippen LogP contribution in [0.15, 0.2) is 24.4 Å². The molecule has 1 aromatic heterocycles. The Hall–Kier alpha value is -1.65. The van der Waals surface area contributed by atoms with Crippen molar-refractivity contribution in [2.75, 3.05) is 11.4 Å². The molecule has 2 aromatic rings. The van der Waals surface area contributed by atoms with E-state index in [1.807, 2.05) is 0 Å². The molecule has 1 amide bonds. The first-order valence-electron chi connectivity index (χ1n) is 7.23. The highest BCUT2D eigenvalue weighted by Crippen LogP contribution is 2.35. The Kier molecular flexibility index (Phi) is 3.31. The largest absolute Gasteiger partial charge is 0.295 e. The maximum atomic E-state index is 12.2. The molecule has 6 heteroatoms. The van der Waals surface area contributed by atoms with E-state index < -0.39 is 0 Å². The highest BCUT2D eigenvalue weighted by Gasteiger charge is 2.35. The van der Waals surface area contributed by atoms with Gasteiger partial charge in [0.2, 0.25) is 5.91 Å². The summed E-state index contributed by atoms with van der Waals surface area (Å²) in [6.45, 7) is 0.750. The second-order valence-corrected chi connectivity index (χ2v) is 6.68. The van der Waals surface area contributed by atoms with Gasteiger partial charge in [0.15, 0.2) is 5.82 Å². The summed E-state index contributed by atoms with van der Waals surface area (Å²) < 4.78 is 0. The molecule has 4 rings (SSSR count). The smallest absolute Gasteiger partial charge is 0.234 e. The van der Waals surface area contributed by atoms with Crippen LogP contribution in [0.5, 0.6) is 0 Å². The van der Waals surface area contributed by atoms with Crippen LogP contribution >= 0.6 is 23.2 Å². The highest BCUT2D eigenvalue weighted by atomic mass is 35.5. The molecule has 112 valence electrons. The molecule has 2 aliphatic rings. The number of rotatable bonds is 3. The van der Waals surface area contributed by atoms with Crippen molar-refractivity contribution in [3.63, 3.8) is 0 Å². The summed E-state index contributed by atoms with van der Waals surface area (Å²) in [5, 5.41) is 1.10. The zero-order chi connectivity index (χ0) is 15.3. The molecule has 0 bridgehead atoms. The molecule has 22 heavy (non-hydrogen) atoms. The standard InChI is InChI=1S/C16H13Cl2N3O/c17-11-3-10(4-12(18)5-11)14-7-19-13-6-15(22)21(16(13)20-14)8-9-1-2-9/h3-5,7,9H,1-2,6,8H2. The van der Waals surface area contributed by atoms with Gasteiger partial charge >= 0.3 is 0 Å². The minimum Gasteiger partial charge on any atom is -0.295 e. The van der Waals surface area contributed by atoms with Gasteiger partial charge in [-0.05, 0) is 37.0 Å². The first-order valence-corrected chi connectivity index (χ1v) is 7.98. The fraction of sp³-hybridized carbons (Fsp3) is 0.312. The second kappa shape index (κ2) is 5.21. The quantitative estimate of drug-likeness (QED) is 0.859. The molecule has 2 heterocycles. The Morgan fingerprint density at radius 3 is 2.59 bits per heavy atom. The van der Waals surface area contributed by atoms with Gasteiger partial charge in [0, 0.05) is 22.2 Å². The number of benzene rings is 1. The Morgan fingerprint density at radius 2 is 1.91 bits per heavy atom. The number of aromatic nitrogens is 2. The summed E-state index contributed by atoms with van der Waals surface area (Å²) in [4.78, 5) is 23.0. The van der Waals surface area contributed by atoms with E-state index in [1.54, 1.807) is 29.3 Å². The lowest BCUT2D eigenvalue weighted by Crippen LogP contribution is -2.29. The van der Waals surface area contributed by atoms with E-state index in [9.17, 15) is 4.79 Å². The number of hydrogen-bond donors (Lipinski definition) is 0. The van der Waals surface area contributed by atoms with Crippen LogP contribution in [0.4, 0.5) is 5.82 Å². The lowest BCUT2D eigenvalue weighted by Gasteiger charge is -2.16. The van der Waals surface area contributed by atoms with Gasteiger partial charge in [-0.3, -0.25) is 14.7 Å². The third-order valence-electron chi connectivity index (χ3n) is 4.00. The molecule has 0 saturated heterocycles. The van der Waals surface area contributed by atoms with Crippen LogP contribution in [-0.2, 0) is 11.2 Å². The zero-order valence-electron chi connectivity index (χ0n) is 11.7. The molecule has 1 aliphatic carbocycles. The van der Waals surface area contributed by atoms with Gasteiger partial charge < -0.3 is 0 Å². The van der Waals surface area contributed by atoms with Crippen LogP contribution in [0.25, 0.3) is 11.3 Å². The maximum absolute atomic E-state index is 12.2. The first-order chi connectivity index (χ1) is 10.6. The van der Waals surface area contributed by atoms with Gasteiger partial charge in [-0.25, -0.2) is 4.98 Å². The zero-order valence-corrected chi connectivity index (χ0v) is 13.2. The molecule has 0 atom stereocenters. The summed E-state index contributed by atoms with van der Waals surface area (Å²) in [7, 11) is 0. The number of carbonyl (C=O) groups is 1. The number of nitrogens with zero attached hydrogens (tertiary/aromatic N) is 3. The van der Waals surface area contributed by atoms with Gasteiger partial charge in [0.1, 0.15) is 0 Å². The van der Waals surface area contributed by atoms with Crippen LogP contribution in [-0.4, -0.2) is 22.4 Å². The molecular formula is C16H13Cl2N3O.